The molecule has 0 spiro atoms. The Morgan fingerprint density at radius 2 is 1.88 bits per heavy atom. The fourth-order valence-electron chi connectivity index (χ4n) is 1.86. The Bertz CT molecular complexity index is 692. The van der Waals surface area contributed by atoms with Crippen LogP contribution >= 0.6 is 22.6 Å². The minimum atomic E-state index is -4.57. The van der Waals surface area contributed by atoms with E-state index in [1.165, 1.54) is 0 Å². The Morgan fingerprint density at radius 3 is 2.42 bits per heavy atom. The highest BCUT2D eigenvalue weighted by Gasteiger charge is 2.37. The molecule has 2 rings (SSSR count). The van der Waals surface area contributed by atoms with E-state index in [0.717, 1.165) is 15.5 Å². The average Bonchev–Trinajstić information content (AvgIpc) is 2.53. The second-order valence-electron chi connectivity index (χ2n) is 5.26. The summed E-state index contributed by atoms with van der Waals surface area (Å²) in [7, 11) is 1.69. The average molecular weight is 451 g/mol. The van der Waals surface area contributed by atoms with Crippen molar-refractivity contribution < 1.29 is 17.9 Å². The number of benzene rings is 1. The molecule has 0 aliphatic heterocycles. The molecular formula is C16H17F3IN3O. The smallest absolute Gasteiger partial charge is 0.423 e. The van der Waals surface area contributed by atoms with Crippen LogP contribution in [0.25, 0.3) is 0 Å². The second kappa shape index (κ2) is 7.54. The van der Waals surface area contributed by atoms with Crippen molar-refractivity contribution in [3.05, 3.63) is 39.6 Å². The molecule has 1 unspecified atom stereocenters. The number of hydrogen-bond acceptors (Lipinski definition) is 4. The van der Waals surface area contributed by atoms with Crippen molar-refractivity contribution in [2.24, 2.45) is 0 Å². The number of ether oxygens (including phenoxy) is 1. The third-order valence-electron chi connectivity index (χ3n) is 3.45. The number of nitrogens with zero attached hydrogens (tertiary/aromatic N) is 3. The van der Waals surface area contributed by atoms with E-state index in [0.29, 0.717) is 6.42 Å². The SMILES string of the molecule is CCC(C)Oc1nc(N(C)c2ccc(I)cc2)ncc1C(F)(F)F. The topological polar surface area (TPSA) is 38.2 Å². The molecule has 1 heterocycles. The summed E-state index contributed by atoms with van der Waals surface area (Å²) in [6.07, 6.45) is -3.60. The van der Waals surface area contributed by atoms with Crippen LogP contribution in [0.5, 0.6) is 5.88 Å². The van der Waals surface area contributed by atoms with Crippen LogP contribution in [0.2, 0.25) is 0 Å². The van der Waals surface area contributed by atoms with E-state index < -0.39 is 17.6 Å². The Kier molecular flexibility index (Phi) is 5.89. The van der Waals surface area contributed by atoms with Crippen LogP contribution in [0.4, 0.5) is 24.8 Å². The monoisotopic (exact) mass is 451 g/mol. The zero-order valence-corrected chi connectivity index (χ0v) is 15.6. The predicted molar refractivity (Wildman–Crippen MR) is 94.6 cm³/mol. The molecule has 0 saturated heterocycles. The van der Waals surface area contributed by atoms with Crippen molar-refractivity contribution in [2.45, 2.75) is 32.5 Å². The van der Waals surface area contributed by atoms with E-state index >= 15 is 0 Å². The first-order valence-corrected chi connectivity index (χ1v) is 8.40. The van der Waals surface area contributed by atoms with Gasteiger partial charge in [0.15, 0.2) is 0 Å². The summed E-state index contributed by atoms with van der Waals surface area (Å²) in [5, 5.41) is 0. The molecule has 0 aliphatic rings. The second-order valence-corrected chi connectivity index (χ2v) is 6.50. The molecule has 8 heteroatoms. The Labute approximate surface area is 152 Å². The van der Waals surface area contributed by atoms with Gasteiger partial charge < -0.3 is 9.64 Å². The lowest BCUT2D eigenvalue weighted by Crippen LogP contribution is -2.19. The maximum absolute atomic E-state index is 13.1. The van der Waals surface area contributed by atoms with Gasteiger partial charge in [-0.15, -0.1) is 0 Å². The van der Waals surface area contributed by atoms with E-state index in [1.54, 1.807) is 18.9 Å². The van der Waals surface area contributed by atoms with Gasteiger partial charge in [-0.3, -0.25) is 0 Å². The lowest BCUT2D eigenvalue weighted by atomic mass is 10.3. The molecule has 2 aromatic rings. The first kappa shape index (κ1) is 18.8. The molecule has 1 atom stereocenters. The van der Waals surface area contributed by atoms with Crippen LogP contribution in [0.3, 0.4) is 0 Å². The van der Waals surface area contributed by atoms with Crippen LogP contribution < -0.4 is 9.64 Å². The summed E-state index contributed by atoms with van der Waals surface area (Å²) >= 11 is 2.18. The summed E-state index contributed by atoms with van der Waals surface area (Å²) in [4.78, 5) is 9.46. The van der Waals surface area contributed by atoms with E-state index in [2.05, 4.69) is 32.6 Å². The molecule has 1 aromatic heterocycles. The molecule has 130 valence electrons. The third kappa shape index (κ3) is 4.49. The number of halogens is 4. The van der Waals surface area contributed by atoms with E-state index in [9.17, 15) is 13.2 Å². The largest absolute Gasteiger partial charge is 0.474 e. The number of hydrogen-bond donors (Lipinski definition) is 0. The van der Waals surface area contributed by atoms with Crippen LogP contribution in [0, 0.1) is 3.57 Å². The van der Waals surface area contributed by atoms with Gasteiger partial charge in [0.25, 0.3) is 0 Å². The molecule has 0 bridgehead atoms. The molecule has 0 aliphatic carbocycles. The molecule has 24 heavy (non-hydrogen) atoms. The van der Waals surface area contributed by atoms with Crippen molar-refractivity contribution in [2.75, 3.05) is 11.9 Å². The van der Waals surface area contributed by atoms with Gasteiger partial charge in [0.05, 0.1) is 6.10 Å². The van der Waals surface area contributed by atoms with Crippen molar-refractivity contribution in [1.29, 1.82) is 0 Å². The first-order valence-electron chi connectivity index (χ1n) is 7.32. The van der Waals surface area contributed by atoms with Gasteiger partial charge in [0.1, 0.15) is 5.56 Å². The number of aromatic nitrogens is 2. The Morgan fingerprint density at radius 1 is 1.25 bits per heavy atom. The van der Waals surface area contributed by atoms with Crippen molar-refractivity contribution in [3.8, 4) is 5.88 Å². The van der Waals surface area contributed by atoms with E-state index in [4.69, 9.17) is 4.74 Å². The molecule has 1 aromatic carbocycles. The summed E-state index contributed by atoms with van der Waals surface area (Å²) in [6, 6.07) is 7.48. The molecule has 0 saturated carbocycles. The minimum Gasteiger partial charge on any atom is -0.474 e. The summed E-state index contributed by atoms with van der Waals surface area (Å²) in [5.41, 5.74) is -0.202. The number of alkyl halides is 3. The maximum Gasteiger partial charge on any atom is 0.423 e. The molecule has 0 radical (unpaired) electrons. The van der Waals surface area contributed by atoms with Gasteiger partial charge in [0.2, 0.25) is 11.8 Å². The van der Waals surface area contributed by atoms with Gasteiger partial charge in [0, 0.05) is 22.5 Å². The minimum absolute atomic E-state index is 0.141. The lowest BCUT2D eigenvalue weighted by Gasteiger charge is -2.21. The fourth-order valence-corrected chi connectivity index (χ4v) is 2.22. The third-order valence-corrected chi connectivity index (χ3v) is 4.17. The van der Waals surface area contributed by atoms with Crippen molar-refractivity contribution in [3.63, 3.8) is 0 Å². The van der Waals surface area contributed by atoms with Crippen LogP contribution in [0.1, 0.15) is 25.8 Å². The number of anilines is 2. The molecule has 0 fully saturated rings. The zero-order valence-electron chi connectivity index (χ0n) is 13.4. The van der Waals surface area contributed by atoms with Gasteiger partial charge >= 0.3 is 6.18 Å². The standard InChI is InChI=1S/C16H17F3IN3O/c1-4-10(2)24-14-13(16(17,18)19)9-21-15(22-14)23(3)12-7-5-11(20)6-8-12/h5-10H,4H2,1-3H3. The fraction of sp³-hybridized carbons (Fsp3) is 0.375. The van der Waals surface area contributed by atoms with Crippen molar-refractivity contribution >= 4 is 34.2 Å². The van der Waals surface area contributed by atoms with Crippen LogP contribution in [0.15, 0.2) is 30.5 Å². The Hall–Kier alpha value is -1.58. The van der Waals surface area contributed by atoms with Gasteiger partial charge in [-0.2, -0.15) is 18.2 Å². The summed E-state index contributed by atoms with van der Waals surface area (Å²) < 4.78 is 45.8. The van der Waals surface area contributed by atoms with E-state index in [-0.39, 0.29) is 12.1 Å². The van der Waals surface area contributed by atoms with Gasteiger partial charge in [-0.05, 0) is 60.2 Å². The first-order chi connectivity index (χ1) is 11.2. The number of rotatable bonds is 5. The summed E-state index contributed by atoms with van der Waals surface area (Å²) in [5.74, 6) is -0.304. The molecule has 0 N–H and O–H groups in total. The molecule has 4 nitrogen and oxygen atoms in total. The van der Waals surface area contributed by atoms with Gasteiger partial charge in [-0.25, -0.2) is 4.98 Å². The lowest BCUT2D eigenvalue weighted by molar-refractivity contribution is -0.139. The molecule has 0 amide bonds. The summed E-state index contributed by atoms with van der Waals surface area (Å²) in [6.45, 7) is 3.53. The quantitative estimate of drug-likeness (QED) is 0.597. The van der Waals surface area contributed by atoms with E-state index in [1.807, 2.05) is 31.2 Å². The maximum atomic E-state index is 13.1. The highest BCUT2D eigenvalue weighted by molar-refractivity contribution is 14.1. The predicted octanol–water partition coefficient (Wildman–Crippen LogP) is 5.05. The highest BCUT2D eigenvalue weighted by Crippen LogP contribution is 2.36. The molecular weight excluding hydrogens is 434 g/mol. The van der Waals surface area contributed by atoms with Crippen molar-refractivity contribution in [1.82, 2.24) is 9.97 Å². The van der Waals surface area contributed by atoms with Gasteiger partial charge in [-0.1, -0.05) is 6.92 Å². The zero-order chi connectivity index (χ0) is 17.9. The van der Waals surface area contributed by atoms with Crippen LogP contribution in [-0.2, 0) is 6.18 Å². The Balaban J connectivity index is 2.40. The normalized spacial score (nSPS) is 12.8. The van der Waals surface area contributed by atoms with Crippen LogP contribution in [-0.4, -0.2) is 23.1 Å². The highest BCUT2D eigenvalue weighted by atomic mass is 127.